The molecule has 0 amide bonds. The Balaban J connectivity index is 1.41. The third-order valence-corrected chi connectivity index (χ3v) is 4.39. The highest BCUT2D eigenvalue weighted by molar-refractivity contribution is 5.61. The molecule has 1 aliphatic rings. The number of nitro groups is 1. The summed E-state index contributed by atoms with van der Waals surface area (Å²) in [5, 5.41) is 19.3. The van der Waals surface area contributed by atoms with Crippen molar-refractivity contribution in [2.45, 2.75) is 33.2 Å². The Hall–Kier alpha value is -3.43. The van der Waals surface area contributed by atoms with Gasteiger partial charge in [-0.3, -0.25) is 14.8 Å². The van der Waals surface area contributed by atoms with Crippen LogP contribution in [0.15, 0.2) is 22.7 Å². The van der Waals surface area contributed by atoms with Gasteiger partial charge < -0.3 is 14.0 Å². The predicted octanol–water partition coefficient (Wildman–Crippen LogP) is 2.82. The number of aromatic nitrogens is 4. The van der Waals surface area contributed by atoms with Crippen LogP contribution in [0.3, 0.4) is 0 Å². The van der Waals surface area contributed by atoms with E-state index in [2.05, 4.69) is 15.2 Å². The largest absolute Gasteiger partial charge is 0.454 e. The van der Waals surface area contributed by atoms with Gasteiger partial charge in [0.25, 0.3) is 0 Å². The van der Waals surface area contributed by atoms with Gasteiger partial charge in [0.2, 0.25) is 18.5 Å². The highest BCUT2D eigenvalue weighted by Gasteiger charge is 2.21. The van der Waals surface area contributed by atoms with E-state index in [4.69, 9.17) is 14.0 Å². The van der Waals surface area contributed by atoms with Crippen LogP contribution in [0.25, 0.3) is 11.4 Å². The van der Waals surface area contributed by atoms with E-state index in [-0.39, 0.29) is 12.5 Å². The Morgan fingerprint density at radius 1 is 1.26 bits per heavy atom. The topological polar surface area (TPSA) is 118 Å². The van der Waals surface area contributed by atoms with Gasteiger partial charge in [0.15, 0.2) is 11.5 Å². The summed E-state index contributed by atoms with van der Waals surface area (Å²) < 4.78 is 17.6. The highest BCUT2D eigenvalue weighted by Crippen LogP contribution is 2.35. The summed E-state index contributed by atoms with van der Waals surface area (Å²) >= 11 is 0. The minimum absolute atomic E-state index is 0.0675. The van der Waals surface area contributed by atoms with E-state index in [1.54, 1.807) is 18.5 Å². The first kappa shape index (κ1) is 17.0. The number of ether oxygens (including phenoxy) is 2. The van der Waals surface area contributed by atoms with Crippen LogP contribution in [0.1, 0.15) is 23.7 Å². The molecular weight excluding hydrogens is 354 g/mol. The van der Waals surface area contributed by atoms with Gasteiger partial charge in [-0.05, 0) is 38.5 Å². The maximum atomic E-state index is 11.1. The molecule has 0 unspecified atom stereocenters. The molecule has 4 rings (SSSR count). The van der Waals surface area contributed by atoms with Crippen molar-refractivity contribution in [2.24, 2.45) is 0 Å². The molecule has 0 fully saturated rings. The third kappa shape index (κ3) is 3.21. The average molecular weight is 371 g/mol. The van der Waals surface area contributed by atoms with Crippen LogP contribution >= 0.6 is 0 Å². The number of nitrogens with zero attached hydrogens (tertiary/aromatic N) is 5. The number of aryl methyl sites for hydroxylation is 3. The van der Waals surface area contributed by atoms with E-state index in [1.807, 2.05) is 18.2 Å². The molecule has 1 aromatic carbocycles. The minimum Gasteiger partial charge on any atom is -0.454 e. The standard InChI is InChI=1S/C17H17N5O5/c1-10-16(22(23)24)11(2)21(19-10)7-3-4-15-18-17(20-27-15)12-5-6-13-14(8-12)26-9-25-13/h5-6,8H,3-4,7,9H2,1-2H3. The molecule has 10 nitrogen and oxygen atoms in total. The van der Waals surface area contributed by atoms with Gasteiger partial charge in [0.05, 0.1) is 4.92 Å². The maximum Gasteiger partial charge on any atom is 0.312 e. The smallest absolute Gasteiger partial charge is 0.312 e. The third-order valence-electron chi connectivity index (χ3n) is 4.39. The monoisotopic (exact) mass is 371 g/mol. The van der Waals surface area contributed by atoms with Gasteiger partial charge in [-0.1, -0.05) is 5.16 Å². The number of benzene rings is 1. The number of rotatable bonds is 6. The van der Waals surface area contributed by atoms with E-state index in [0.717, 1.165) is 5.56 Å². The van der Waals surface area contributed by atoms with Gasteiger partial charge in [-0.15, -0.1) is 0 Å². The van der Waals surface area contributed by atoms with E-state index >= 15 is 0 Å². The van der Waals surface area contributed by atoms with Gasteiger partial charge >= 0.3 is 5.69 Å². The minimum atomic E-state index is -0.399. The number of hydrogen-bond acceptors (Lipinski definition) is 8. The molecule has 1 aliphatic heterocycles. The molecule has 27 heavy (non-hydrogen) atoms. The Kier molecular flexibility index (Phi) is 4.22. The average Bonchev–Trinajstić information content (AvgIpc) is 3.34. The summed E-state index contributed by atoms with van der Waals surface area (Å²) in [5.41, 5.74) is 1.81. The van der Waals surface area contributed by atoms with Crippen LogP contribution in [0.5, 0.6) is 11.5 Å². The van der Waals surface area contributed by atoms with Gasteiger partial charge in [0.1, 0.15) is 11.4 Å². The van der Waals surface area contributed by atoms with E-state index < -0.39 is 4.92 Å². The molecule has 10 heteroatoms. The fraction of sp³-hybridized carbons (Fsp3) is 0.353. The summed E-state index contributed by atoms with van der Waals surface area (Å²) in [6.07, 6.45) is 1.21. The van der Waals surface area contributed by atoms with Crippen molar-refractivity contribution in [3.63, 3.8) is 0 Å². The van der Waals surface area contributed by atoms with Crippen molar-refractivity contribution in [2.75, 3.05) is 6.79 Å². The molecule has 0 atom stereocenters. The Labute approximate surface area is 153 Å². The fourth-order valence-electron chi connectivity index (χ4n) is 3.06. The first-order valence-corrected chi connectivity index (χ1v) is 8.44. The summed E-state index contributed by atoms with van der Waals surface area (Å²) in [6.45, 7) is 4.07. The Morgan fingerprint density at radius 2 is 2.07 bits per heavy atom. The highest BCUT2D eigenvalue weighted by atomic mass is 16.7. The molecule has 140 valence electrons. The second-order valence-electron chi connectivity index (χ2n) is 6.18. The SMILES string of the molecule is Cc1nn(CCCc2nc(-c3ccc4c(c3)OCO4)no2)c(C)c1[N+](=O)[O-]. The maximum absolute atomic E-state index is 11.1. The summed E-state index contributed by atoms with van der Waals surface area (Å²) in [7, 11) is 0. The molecule has 0 aliphatic carbocycles. The predicted molar refractivity (Wildman–Crippen MR) is 92.5 cm³/mol. The second kappa shape index (κ2) is 6.71. The van der Waals surface area contributed by atoms with E-state index in [1.165, 1.54) is 0 Å². The molecule has 0 saturated carbocycles. The van der Waals surface area contributed by atoms with Gasteiger partial charge in [-0.2, -0.15) is 10.1 Å². The van der Waals surface area contributed by atoms with Crippen LogP contribution in [0, 0.1) is 24.0 Å². The first-order valence-electron chi connectivity index (χ1n) is 8.44. The van der Waals surface area contributed by atoms with Crippen molar-refractivity contribution in [3.8, 4) is 22.9 Å². The molecular formula is C17H17N5O5. The number of fused-ring (bicyclic) bond motifs is 1. The quantitative estimate of drug-likeness (QED) is 0.479. The lowest BCUT2D eigenvalue weighted by Gasteiger charge is -2.01. The first-order chi connectivity index (χ1) is 13.0. The molecule has 0 bridgehead atoms. The van der Waals surface area contributed by atoms with Crippen molar-refractivity contribution in [1.82, 2.24) is 19.9 Å². The van der Waals surface area contributed by atoms with Crippen molar-refractivity contribution < 1.29 is 18.9 Å². The molecule has 0 radical (unpaired) electrons. The summed E-state index contributed by atoms with van der Waals surface area (Å²) in [4.78, 5) is 15.1. The molecule has 2 aromatic heterocycles. The van der Waals surface area contributed by atoms with Gasteiger partial charge in [0, 0.05) is 18.5 Å². The lowest BCUT2D eigenvalue weighted by atomic mass is 10.2. The number of hydrogen-bond donors (Lipinski definition) is 0. The summed E-state index contributed by atoms with van der Waals surface area (Å²) in [5.74, 6) is 2.33. The van der Waals surface area contributed by atoms with Crippen LogP contribution in [-0.4, -0.2) is 31.6 Å². The zero-order chi connectivity index (χ0) is 19.0. The molecule has 3 aromatic rings. The van der Waals surface area contributed by atoms with Crippen LogP contribution < -0.4 is 9.47 Å². The zero-order valence-corrected chi connectivity index (χ0v) is 14.8. The second-order valence-corrected chi connectivity index (χ2v) is 6.18. The fourth-order valence-corrected chi connectivity index (χ4v) is 3.06. The van der Waals surface area contributed by atoms with Crippen molar-refractivity contribution in [3.05, 3.63) is 45.6 Å². The molecule has 0 spiro atoms. The van der Waals surface area contributed by atoms with Crippen LogP contribution in [-0.2, 0) is 13.0 Å². The normalized spacial score (nSPS) is 12.5. The Bertz CT molecular complexity index is 1010. The zero-order valence-electron chi connectivity index (χ0n) is 14.8. The van der Waals surface area contributed by atoms with Crippen LogP contribution in [0.2, 0.25) is 0 Å². The molecule has 0 N–H and O–H groups in total. The molecule has 0 saturated heterocycles. The Morgan fingerprint density at radius 3 is 2.85 bits per heavy atom. The van der Waals surface area contributed by atoms with Crippen LogP contribution in [0.4, 0.5) is 5.69 Å². The van der Waals surface area contributed by atoms with Gasteiger partial charge in [-0.25, -0.2) is 0 Å². The van der Waals surface area contributed by atoms with E-state index in [0.29, 0.717) is 54.0 Å². The molecule has 3 heterocycles. The van der Waals surface area contributed by atoms with E-state index in [9.17, 15) is 10.1 Å². The van der Waals surface area contributed by atoms with Crippen molar-refractivity contribution in [1.29, 1.82) is 0 Å². The lowest BCUT2D eigenvalue weighted by molar-refractivity contribution is -0.386. The van der Waals surface area contributed by atoms with Crippen molar-refractivity contribution >= 4 is 5.69 Å². The lowest BCUT2D eigenvalue weighted by Crippen LogP contribution is -2.04. The summed E-state index contributed by atoms with van der Waals surface area (Å²) in [6, 6.07) is 5.46.